The minimum Gasteiger partial charge on any atom is -0.454 e. The van der Waals surface area contributed by atoms with Gasteiger partial charge in [0.25, 0.3) is 0 Å². The van der Waals surface area contributed by atoms with Crippen LogP contribution in [0.2, 0.25) is 0 Å². The molecule has 18 heavy (non-hydrogen) atoms. The summed E-state index contributed by atoms with van der Waals surface area (Å²) in [6, 6.07) is 10.9. The van der Waals surface area contributed by atoms with E-state index in [4.69, 9.17) is 9.47 Å². The monoisotopic (exact) mass is 243 g/mol. The van der Waals surface area contributed by atoms with E-state index < -0.39 is 5.60 Å². The lowest BCUT2D eigenvalue weighted by molar-refractivity contribution is 0.0971. The van der Waals surface area contributed by atoms with Crippen LogP contribution < -0.4 is 9.47 Å². The second-order valence-corrected chi connectivity index (χ2v) is 4.36. The minimum absolute atomic E-state index is 0.227. The number of pyridine rings is 1. The predicted molar refractivity (Wildman–Crippen MR) is 65.5 cm³/mol. The summed E-state index contributed by atoms with van der Waals surface area (Å²) in [6.45, 7) is 1.94. The van der Waals surface area contributed by atoms with Gasteiger partial charge in [0.05, 0.1) is 5.69 Å². The Hall–Kier alpha value is -2.07. The van der Waals surface area contributed by atoms with Crippen molar-refractivity contribution in [2.45, 2.75) is 12.5 Å². The molecular weight excluding hydrogens is 230 g/mol. The first-order valence-corrected chi connectivity index (χ1v) is 5.72. The van der Waals surface area contributed by atoms with Gasteiger partial charge in [-0.1, -0.05) is 12.1 Å². The third-order valence-corrected chi connectivity index (χ3v) is 3.10. The Balaban J connectivity index is 2.04. The van der Waals surface area contributed by atoms with Gasteiger partial charge in [-0.05, 0) is 36.8 Å². The molecule has 1 aromatic heterocycles. The van der Waals surface area contributed by atoms with Crippen molar-refractivity contribution in [1.29, 1.82) is 0 Å². The molecule has 2 heterocycles. The van der Waals surface area contributed by atoms with Crippen molar-refractivity contribution in [3.8, 4) is 11.5 Å². The molecule has 4 nitrogen and oxygen atoms in total. The third-order valence-electron chi connectivity index (χ3n) is 3.10. The summed E-state index contributed by atoms with van der Waals surface area (Å²) in [5.74, 6) is 1.36. The maximum atomic E-state index is 10.6. The molecule has 1 atom stereocenters. The van der Waals surface area contributed by atoms with Crippen LogP contribution in [0.25, 0.3) is 0 Å². The molecule has 1 aromatic carbocycles. The summed E-state index contributed by atoms with van der Waals surface area (Å²) in [4.78, 5) is 4.20. The van der Waals surface area contributed by atoms with E-state index in [-0.39, 0.29) is 6.79 Å². The van der Waals surface area contributed by atoms with Gasteiger partial charge in [0.1, 0.15) is 5.60 Å². The van der Waals surface area contributed by atoms with Crippen molar-refractivity contribution in [1.82, 2.24) is 4.98 Å². The summed E-state index contributed by atoms with van der Waals surface area (Å²) in [6.07, 6.45) is 1.66. The fourth-order valence-electron chi connectivity index (χ4n) is 2.00. The standard InChI is InChI=1S/C14H13NO3/c1-14(16,13-4-2-3-7-15-13)10-5-6-11-12(8-10)18-9-17-11/h2-8,16H,9H2,1H3. The van der Waals surface area contributed by atoms with Gasteiger partial charge in [0.15, 0.2) is 11.5 Å². The molecule has 0 aliphatic carbocycles. The molecular formula is C14H13NO3. The Morgan fingerprint density at radius 1 is 1.17 bits per heavy atom. The molecule has 0 saturated carbocycles. The molecule has 1 N–H and O–H groups in total. The zero-order valence-corrected chi connectivity index (χ0v) is 9.96. The van der Waals surface area contributed by atoms with Gasteiger partial charge < -0.3 is 14.6 Å². The van der Waals surface area contributed by atoms with Crippen LogP contribution >= 0.6 is 0 Å². The largest absolute Gasteiger partial charge is 0.454 e. The van der Waals surface area contributed by atoms with E-state index >= 15 is 0 Å². The number of aliphatic hydroxyl groups is 1. The zero-order valence-electron chi connectivity index (χ0n) is 9.96. The first-order chi connectivity index (χ1) is 8.68. The van der Waals surface area contributed by atoms with Gasteiger partial charge in [-0.2, -0.15) is 0 Å². The fourth-order valence-corrected chi connectivity index (χ4v) is 2.00. The summed E-state index contributed by atoms with van der Waals surface area (Å²) in [5, 5.41) is 10.6. The highest BCUT2D eigenvalue weighted by atomic mass is 16.7. The molecule has 1 aliphatic heterocycles. The fraction of sp³-hybridized carbons (Fsp3) is 0.214. The minimum atomic E-state index is -1.15. The van der Waals surface area contributed by atoms with Crippen molar-refractivity contribution in [3.63, 3.8) is 0 Å². The van der Waals surface area contributed by atoms with Crippen molar-refractivity contribution in [3.05, 3.63) is 53.9 Å². The van der Waals surface area contributed by atoms with Crippen molar-refractivity contribution < 1.29 is 14.6 Å². The Morgan fingerprint density at radius 2 is 2.00 bits per heavy atom. The molecule has 1 aliphatic rings. The molecule has 92 valence electrons. The van der Waals surface area contributed by atoms with Crippen LogP contribution in [0.3, 0.4) is 0 Å². The number of rotatable bonds is 2. The lowest BCUT2D eigenvalue weighted by Crippen LogP contribution is -2.23. The van der Waals surface area contributed by atoms with Gasteiger partial charge in [0, 0.05) is 6.20 Å². The van der Waals surface area contributed by atoms with Crippen LogP contribution in [-0.2, 0) is 5.60 Å². The van der Waals surface area contributed by atoms with Crippen LogP contribution in [0.15, 0.2) is 42.6 Å². The van der Waals surface area contributed by atoms with E-state index in [2.05, 4.69) is 4.98 Å². The van der Waals surface area contributed by atoms with Crippen molar-refractivity contribution >= 4 is 0 Å². The van der Waals surface area contributed by atoms with E-state index in [1.54, 1.807) is 31.3 Å². The number of benzene rings is 1. The first-order valence-electron chi connectivity index (χ1n) is 5.72. The average Bonchev–Trinajstić information content (AvgIpc) is 2.87. The summed E-state index contributed by atoms with van der Waals surface area (Å²) >= 11 is 0. The predicted octanol–water partition coefficient (Wildman–Crippen LogP) is 2.07. The Labute approximate surface area is 105 Å². The molecule has 0 fully saturated rings. The lowest BCUT2D eigenvalue weighted by Gasteiger charge is -2.23. The zero-order chi connectivity index (χ0) is 12.6. The summed E-state index contributed by atoms with van der Waals surface area (Å²) in [5.41, 5.74) is 0.178. The smallest absolute Gasteiger partial charge is 0.231 e. The number of fused-ring (bicyclic) bond motifs is 1. The van der Waals surface area contributed by atoms with E-state index in [0.717, 1.165) is 5.56 Å². The van der Waals surface area contributed by atoms with Crippen LogP contribution in [0.4, 0.5) is 0 Å². The highest BCUT2D eigenvalue weighted by molar-refractivity contribution is 5.47. The number of hydrogen-bond donors (Lipinski definition) is 1. The Bertz CT molecular complexity index is 567. The number of aromatic nitrogens is 1. The van der Waals surface area contributed by atoms with E-state index in [9.17, 15) is 5.11 Å². The highest BCUT2D eigenvalue weighted by Gasteiger charge is 2.28. The van der Waals surface area contributed by atoms with Crippen LogP contribution in [0.1, 0.15) is 18.2 Å². The first kappa shape index (κ1) is 11.0. The molecule has 3 rings (SSSR count). The highest BCUT2D eigenvalue weighted by Crippen LogP contribution is 2.37. The van der Waals surface area contributed by atoms with Gasteiger partial charge in [0.2, 0.25) is 6.79 Å². The molecule has 4 heteroatoms. The second kappa shape index (κ2) is 3.99. The van der Waals surface area contributed by atoms with Gasteiger partial charge in [-0.15, -0.1) is 0 Å². The van der Waals surface area contributed by atoms with Gasteiger partial charge in [-0.3, -0.25) is 4.98 Å². The average molecular weight is 243 g/mol. The second-order valence-electron chi connectivity index (χ2n) is 4.36. The molecule has 0 bridgehead atoms. The summed E-state index contributed by atoms with van der Waals surface area (Å²) in [7, 11) is 0. The summed E-state index contributed by atoms with van der Waals surface area (Å²) < 4.78 is 10.6. The normalized spacial score (nSPS) is 16.3. The van der Waals surface area contributed by atoms with Crippen molar-refractivity contribution in [2.75, 3.05) is 6.79 Å². The number of ether oxygens (including phenoxy) is 2. The van der Waals surface area contributed by atoms with Gasteiger partial charge in [-0.25, -0.2) is 0 Å². The molecule has 0 radical (unpaired) electrons. The Morgan fingerprint density at radius 3 is 2.78 bits per heavy atom. The maximum absolute atomic E-state index is 10.6. The SMILES string of the molecule is CC(O)(c1ccc2c(c1)OCO2)c1ccccn1. The van der Waals surface area contributed by atoms with E-state index in [1.165, 1.54) is 0 Å². The quantitative estimate of drug-likeness (QED) is 0.877. The van der Waals surface area contributed by atoms with Crippen LogP contribution in [0.5, 0.6) is 11.5 Å². The Kier molecular flexibility index (Phi) is 2.45. The maximum Gasteiger partial charge on any atom is 0.231 e. The van der Waals surface area contributed by atoms with Gasteiger partial charge >= 0.3 is 0 Å². The number of nitrogens with zero attached hydrogens (tertiary/aromatic N) is 1. The van der Waals surface area contributed by atoms with Crippen LogP contribution in [0, 0.1) is 0 Å². The lowest BCUT2D eigenvalue weighted by atomic mass is 9.92. The number of hydrogen-bond acceptors (Lipinski definition) is 4. The molecule has 0 spiro atoms. The molecule has 1 unspecified atom stereocenters. The molecule has 0 saturated heterocycles. The van der Waals surface area contributed by atoms with Crippen molar-refractivity contribution in [2.24, 2.45) is 0 Å². The van der Waals surface area contributed by atoms with E-state index in [0.29, 0.717) is 17.2 Å². The van der Waals surface area contributed by atoms with E-state index in [1.807, 2.05) is 18.2 Å². The topological polar surface area (TPSA) is 51.6 Å². The third kappa shape index (κ3) is 1.71. The molecule has 2 aromatic rings. The van der Waals surface area contributed by atoms with Crippen LogP contribution in [-0.4, -0.2) is 16.9 Å². The molecule has 0 amide bonds.